The molecule has 1 N–H and O–H groups in total. The summed E-state index contributed by atoms with van der Waals surface area (Å²) in [6, 6.07) is 23.2. The van der Waals surface area contributed by atoms with Gasteiger partial charge in [-0.25, -0.2) is 9.97 Å². The van der Waals surface area contributed by atoms with E-state index >= 15 is 0 Å². The number of rotatable bonds is 9. The van der Waals surface area contributed by atoms with Crippen molar-refractivity contribution in [2.45, 2.75) is 33.4 Å². The number of aliphatic hydroxyl groups is 1. The van der Waals surface area contributed by atoms with E-state index in [-0.39, 0.29) is 17.0 Å². The summed E-state index contributed by atoms with van der Waals surface area (Å²) in [5, 5.41) is 12.2. The van der Waals surface area contributed by atoms with Crippen molar-refractivity contribution in [1.82, 2.24) is 14.4 Å². The number of nitrogens with zero attached hydrogens (tertiary/aromatic N) is 4. The van der Waals surface area contributed by atoms with Gasteiger partial charge >= 0.3 is 5.91 Å². The number of fused-ring (bicyclic) bond motifs is 2. The van der Waals surface area contributed by atoms with Crippen LogP contribution in [0.3, 0.4) is 0 Å². The maximum Gasteiger partial charge on any atom is 0.301 e. The van der Waals surface area contributed by atoms with Gasteiger partial charge in [0.2, 0.25) is 0 Å². The molecule has 48 heavy (non-hydrogen) atoms. The molecule has 6 aromatic rings. The highest BCUT2D eigenvalue weighted by Crippen LogP contribution is 2.46. The van der Waals surface area contributed by atoms with Crippen molar-refractivity contribution in [1.29, 1.82) is 0 Å². The average molecular weight is 661 g/mol. The van der Waals surface area contributed by atoms with Crippen LogP contribution in [0.2, 0.25) is 0 Å². The van der Waals surface area contributed by atoms with Crippen LogP contribution in [0.15, 0.2) is 90.6 Å². The van der Waals surface area contributed by atoms with Gasteiger partial charge in [0.15, 0.2) is 22.4 Å². The van der Waals surface area contributed by atoms with Crippen molar-refractivity contribution in [2.24, 2.45) is 0 Å². The van der Waals surface area contributed by atoms with Gasteiger partial charge in [-0.2, -0.15) is 0 Å². The zero-order valence-electron chi connectivity index (χ0n) is 26.8. The Kier molecular flexibility index (Phi) is 8.06. The van der Waals surface area contributed by atoms with E-state index in [1.54, 1.807) is 37.4 Å². The molecule has 0 saturated carbocycles. The molecule has 10 nitrogen and oxygen atoms in total. The van der Waals surface area contributed by atoms with Gasteiger partial charge in [-0.3, -0.25) is 14.5 Å². The lowest BCUT2D eigenvalue weighted by molar-refractivity contribution is -0.132. The monoisotopic (exact) mass is 660 g/mol. The van der Waals surface area contributed by atoms with Crippen LogP contribution in [0.25, 0.3) is 21.6 Å². The Morgan fingerprint density at radius 2 is 1.75 bits per heavy atom. The summed E-state index contributed by atoms with van der Waals surface area (Å²) in [4.78, 5) is 38.8. The number of aliphatic hydroxyl groups excluding tert-OH is 1. The Labute approximate surface area is 280 Å². The van der Waals surface area contributed by atoms with Crippen LogP contribution in [-0.2, 0) is 16.2 Å². The lowest BCUT2D eigenvalue weighted by atomic mass is 9.96. The average Bonchev–Trinajstić information content (AvgIpc) is 3.76. The number of pyridine rings is 1. The molecule has 1 aliphatic rings. The number of carbonyl (C=O) groups excluding carboxylic acids is 2. The maximum absolute atomic E-state index is 14.0. The van der Waals surface area contributed by atoms with Crippen LogP contribution < -0.4 is 19.1 Å². The third-order valence-corrected chi connectivity index (χ3v) is 9.38. The van der Waals surface area contributed by atoms with E-state index < -0.39 is 17.7 Å². The molecule has 1 atom stereocenters. The number of benzene rings is 3. The lowest BCUT2D eigenvalue weighted by Crippen LogP contribution is -2.29. The summed E-state index contributed by atoms with van der Waals surface area (Å²) in [6.07, 6.45) is 1.84. The minimum Gasteiger partial charge on any atom is -0.505 e. The van der Waals surface area contributed by atoms with Crippen molar-refractivity contribution in [2.75, 3.05) is 18.6 Å². The Morgan fingerprint density at radius 3 is 2.50 bits per heavy atom. The van der Waals surface area contributed by atoms with Gasteiger partial charge in [-0.15, -0.1) is 0 Å². The first-order valence-corrected chi connectivity index (χ1v) is 16.2. The molecular weight excluding hydrogens is 628 g/mol. The fourth-order valence-electron chi connectivity index (χ4n) is 5.96. The molecular formula is C37H32N4O6S. The van der Waals surface area contributed by atoms with Crippen molar-refractivity contribution in [3.05, 3.63) is 119 Å². The largest absolute Gasteiger partial charge is 0.505 e. The number of anilines is 1. The zero-order chi connectivity index (χ0) is 33.5. The highest BCUT2D eigenvalue weighted by molar-refractivity contribution is 7.22. The van der Waals surface area contributed by atoms with Crippen LogP contribution in [0.1, 0.15) is 41.0 Å². The number of carbonyl (C=O) groups is 2. The van der Waals surface area contributed by atoms with E-state index in [9.17, 15) is 14.7 Å². The number of thiazole rings is 1. The normalized spacial score (nSPS) is 15.8. The van der Waals surface area contributed by atoms with Crippen molar-refractivity contribution >= 4 is 49.8 Å². The third-order valence-electron chi connectivity index (χ3n) is 8.36. The van der Waals surface area contributed by atoms with Crippen molar-refractivity contribution < 1.29 is 28.9 Å². The van der Waals surface area contributed by atoms with Crippen LogP contribution in [0.5, 0.6) is 17.2 Å². The number of aryl methyl sites for hydroxylation is 2. The SMILES string of the molecule is CCOc1cc(C2/C(=C(\O)c3nc4c(C)cccn4c3C)C(=O)C(=O)N2c2nc3ccc(OC)cc3s2)ccc1OCc1ccccc1. The van der Waals surface area contributed by atoms with Crippen molar-refractivity contribution in [3.8, 4) is 17.2 Å². The fourth-order valence-corrected chi connectivity index (χ4v) is 6.98. The van der Waals surface area contributed by atoms with E-state index in [2.05, 4.69) is 0 Å². The number of hydrogen-bond acceptors (Lipinski definition) is 9. The van der Waals surface area contributed by atoms with Gasteiger partial charge in [0, 0.05) is 6.20 Å². The number of ether oxygens (including phenoxy) is 3. The fraction of sp³-hybridized carbons (Fsp3) is 0.189. The Morgan fingerprint density at radius 1 is 0.938 bits per heavy atom. The summed E-state index contributed by atoms with van der Waals surface area (Å²) in [7, 11) is 1.58. The second-order valence-corrected chi connectivity index (χ2v) is 12.4. The standard InChI is InChI=1S/C37H32N4O6S/c1-5-46-28-18-24(13-16-27(28)47-20-23-11-7-6-8-12-23)32-30(33(42)31-22(3)40-17-9-10-21(2)35(40)39-31)34(43)36(44)41(32)37-38-26-15-14-25(45-4)19-29(26)48-37/h6-19,32,42H,5,20H2,1-4H3/b33-30+. The number of ketones is 1. The highest BCUT2D eigenvalue weighted by atomic mass is 32.1. The first kappa shape index (κ1) is 30.9. The van der Waals surface area contributed by atoms with E-state index in [1.165, 1.54) is 16.2 Å². The molecule has 0 aliphatic carbocycles. The summed E-state index contributed by atoms with van der Waals surface area (Å²) < 4.78 is 20.2. The second-order valence-electron chi connectivity index (χ2n) is 11.3. The van der Waals surface area contributed by atoms with Crippen LogP contribution in [0.4, 0.5) is 5.13 Å². The van der Waals surface area contributed by atoms with Gasteiger partial charge < -0.3 is 23.7 Å². The molecule has 3 aromatic carbocycles. The van der Waals surface area contributed by atoms with Crippen LogP contribution >= 0.6 is 11.3 Å². The molecule has 7 rings (SSSR count). The zero-order valence-corrected chi connectivity index (χ0v) is 27.6. The summed E-state index contributed by atoms with van der Waals surface area (Å²) in [5.41, 5.74) is 4.44. The second kappa shape index (κ2) is 12.5. The maximum atomic E-state index is 14.0. The van der Waals surface area contributed by atoms with Gasteiger partial charge in [-0.1, -0.05) is 53.8 Å². The number of methoxy groups -OCH3 is 1. The first-order valence-electron chi connectivity index (χ1n) is 15.4. The number of imidazole rings is 1. The number of hydrogen-bond donors (Lipinski definition) is 1. The molecule has 3 aromatic heterocycles. The van der Waals surface area contributed by atoms with E-state index in [4.69, 9.17) is 24.2 Å². The van der Waals surface area contributed by atoms with Gasteiger partial charge in [-0.05, 0) is 73.9 Å². The predicted molar refractivity (Wildman–Crippen MR) is 184 cm³/mol. The molecule has 1 saturated heterocycles. The first-order chi connectivity index (χ1) is 23.3. The predicted octanol–water partition coefficient (Wildman–Crippen LogP) is 7.17. The van der Waals surface area contributed by atoms with Gasteiger partial charge in [0.05, 0.1) is 41.2 Å². The topological polar surface area (TPSA) is 115 Å². The Hall–Kier alpha value is -5.68. The molecule has 1 fully saturated rings. The third kappa shape index (κ3) is 5.31. The molecule has 0 spiro atoms. The van der Waals surface area contributed by atoms with Crippen LogP contribution in [0, 0.1) is 13.8 Å². The number of amides is 1. The van der Waals surface area contributed by atoms with E-state index in [1.807, 2.05) is 79.9 Å². The van der Waals surface area contributed by atoms with Gasteiger partial charge in [0.25, 0.3) is 5.78 Å². The quantitative estimate of drug-likeness (QED) is 0.0986. The van der Waals surface area contributed by atoms with E-state index in [0.717, 1.165) is 15.8 Å². The minimum absolute atomic E-state index is 0.0959. The van der Waals surface area contributed by atoms with Crippen LogP contribution in [-0.4, -0.2) is 44.9 Å². The van der Waals surface area contributed by atoms with Gasteiger partial charge in [0.1, 0.15) is 23.7 Å². The Bertz CT molecular complexity index is 2240. The summed E-state index contributed by atoms with van der Waals surface area (Å²) in [6.45, 7) is 6.27. The van der Waals surface area contributed by atoms with Crippen molar-refractivity contribution in [3.63, 3.8) is 0 Å². The smallest absolute Gasteiger partial charge is 0.301 e. The molecule has 4 heterocycles. The highest BCUT2D eigenvalue weighted by Gasteiger charge is 2.49. The summed E-state index contributed by atoms with van der Waals surface area (Å²) >= 11 is 1.25. The molecule has 1 aliphatic heterocycles. The van der Waals surface area contributed by atoms with E-state index in [0.29, 0.717) is 58.0 Å². The number of Topliss-reactive ketones (excluding diaryl/α,β-unsaturated/α-hetero) is 1. The molecule has 0 radical (unpaired) electrons. The molecule has 1 unspecified atom stereocenters. The Balaban J connectivity index is 1.40. The molecule has 0 bridgehead atoms. The summed E-state index contributed by atoms with van der Waals surface area (Å²) in [5.74, 6) is -0.448. The molecule has 242 valence electrons. The lowest BCUT2D eigenvalue weighted by Gasteiger charge is -2.24. The molecule has 11 heteroatoms. The molecule has 1 amide bonds. The number of aromatic nitrogens is 3. The minimum atomic E-state index is -1.04.